The highest BCUT2D eigenvalue weighted by molar-refractivity contribution is 7.99. The molecule has 0 fully saturated rings. The summed E-state index contributed by atoms with van der Waals surface area (Å²) in [5, 5.41) is 18.9. The van der Waals surface area contributed by atoms with Crippen molar-refractivity contribution >= 4 is 23.4 Å². The number of ether oxygens (including phenoxy) is 3. The van der Waals surface area contributed by atoms with Crippen molar-refractivity contribution in [3.8, 4) is 23.0 Å². The molecule has 3 aromatic rings. The van der Waals surface area contributed by atoms with Crippen molar-refractivity contribution < 1.29 is 29.2 Å². The molecule has 3 aromatic carbocycles. The number of hydrogen-bond acceptors (Lipinski definition) is 7. The molecule has 2 unspecified atom stereocenters. The minimum atomic E-state index is -1.64. The molecule has 0 aliphatic heterocycles. The SMILES string of the molecule is COc1ccc(Oc2ccc(N)c(SC(c3ccc(OC)cc3)C(O)C(=O)O)c2)cc1. The molecule has 2 atom stereocenters. The van der Waals surface area contributed by atoms with Crippen molar-refractivity contribution in [1.29, 1.82) is 0 Å². The lowest BCUT2D eigenvalue weighted by atomic mass is 10.1. The Labute approximate surface area is 184 Å². The first-order valence-electron chi connectivity index (χ1n) is 9.34. The maximum absolute atomic E-state index is 11.5. The number of rotatable bonds is 9. The number of nitrogen functional groups attached to an aromatic ring is 1. The molecule has 0 aliphatic carbocycles. The van der Waals surface area contributed by atoms with Gasteiger partial charge in [0.2, 0.25) is 0 Å². The van der Waals surface area contributed by atoms with E-state index in [1.165, 1.54) is 0 Å². The lowest BCUT2D eigenvalue weighted by molar-refractivity contribution is -0.146. The zero-order valence-corrected chi connectivity index (χ0v) is 17.8. The number of hydrogen-bond donors (Lipinski definition) is 3. The number of carbonyl (C=O) groups is 1. The number of aliphatic hydroxyl groups is 1. The highest BCUT2D eigenvalue weighted by Crippen LogP contribution is 2.42. The van der Waals surface area contributed by atoms with E-state index in [-0.39, 0.29) is 0 Å². The van der Waals surface area contributed by atoms with E-state index in [9.17, 15) is 15.0 Å². The molecule has 7 nitrogen and oxygen atoms in total. The van der Waals surface area contributed by atoms with Crippen molar-refractivity contribution in [3.63, 3.8) is 0 Å². The Morgan fingerprint density at radius 1 is 0.871 bits per heavy atom. The summed E-state index contributed by atoms with van der Waals surface area (Å²) in [6.45, 7) is 0. The summed E-state index contributed by atoms with van der Waals surface area (Å²) in [5.74, 6) is 1.16. The normalized spacial score (nSPS) is 12.6. The molecule has 0 bridgehead atoms. The van der Waals surface area contributed by atoms with Gasteiger partial charge in [-0.3, -0.25) is 0 Å². The number of benzene rings is 3. The monoisotopic (exact) mass is 441 g/mol. The van der Waals surface area contributed by atoms with Gasteiger partial charge in [0.25, 0.3) is 0 Å². The van der Waals surface area contributed by atoms with Gasteiger partial charge in [-0.25, -0.2) is 4.79 Å². The summed E-state index contributed by atoms with van der Waals surface area (Å²) in [6, 6.07) is 19.1. The van der Waals surface area contributed by atoms with Crippen LogP contribution in [0.5, 0.6) is 23.0 Å². The Morgan fingerprint density at radius 2 is 1.39 bits per heavy atom. The maximum Gasteiger partial charge on any atom is 0.334 e. The summed E-state index contributed by atoms with van der Waals surface area (Å²) in [6.07, 6.45) is -1.64. The van der Waals surface area contributed by atoms with Gasteiger partial charge in [-0.05, 0) is 60.2 Å². The highest BCUT2D eigenvalue weighted by atomic mass is 32.2. The molecule has 0 heterocycles. The van der Waals surface area contributed by atoms with Crippen LogP contribution in [0.1, 0.15) is 10.8 Å². The zero-order chi connectivity index (χ0) is 22.4. The van der Waals surface area contributed by atoms with Crippen LogP contribution in [0, 0.1) is 0 Å². The lowest BCUT2D eigenvalue weighted by Crippen LogP contribution is -2.26. The number of methoxy groups -OCH3 is 2. The molecule has 0 saturated carbocycles. The van der Waals surface area contributed by atoms with E-state index in [0.717, 1.165) is 11.8 Å². The smallest absolute Gasteiger partial charge is 0.334 e. The van der Waals surface area contributed by atoms with Gasteiger partial charge in [0, 0.05) is 10.6 Å². The van der Waals surface area contributed by atoms with E-state index in [0.29, 0.717) is 39.1 Å². The Morgan fingerprint density at radius 3 is 1.94 bits per heavy atom. The standard InChI is InChI=1S/C23H23NO6S/c1-28-15-5-3-14(4-6-15)22(21(25)23(26)27)31-20-13-18(11-12-19(20)24)30-17-9-7-16(29-2)8-10-17/h3-13,21-22,25H,24H2,1-2H3,(H,26,27). The lowest BCUT2D eigenvalue weighted by Gasteiger charge is -2.21. The van der Waals surface area contributed by atoms with Gasteiger partial charge in [-0.2, -0.15) is 0 Å². The Bertz CT molecular complexity index is 1020. The number of thioether (sulfide) groups is 1. The summed E-state index contributed by atoms with van der Waals surface area (Å²) in [5.41, 5.74) is 7.20. The van der Waals surface area contributed by atoms with E-state index < -0.39 is 17.3 Å². The van der Waals surface area contributed by atoms with Gasteiger partial charge in [0.15, 0.2) is 6.10 Å². The van der Waals surface area contributed by atoms with Crippen LogP contribution in [0.4, 0.5) is 5.69 Å². The molecule has 0 amide bonds. The van der Waals surface area contributed by atoms with Crippen LogP contribution in [0.3, 0.4) is 0 Å². The maximum atomic E-state index is 11.5. The number of carboxylic acid groups (broad SMARTS) is 1. The average Bonchev–Trinajstić information content (AvgIpc) is 2.79. The Hall–Kier alpha value is -3.36. The molecule has 31 heavy (non-hydrogen) atoms. The fourth-order valence-corrected chi connectivity index (χ4v) is 4.04. The van der Waals surface area contributed by atoms with Gasteiger partial charge in [-0.15, -0.1) is 11.8 Å². The third kappa shape index (κ3) is 5.62. The van der Waals surface area contributed by atoms with Gasteiger partial charge < -0.3 is 30.2 Å². The first-order valence-corrected chi connectivity index (χ1v) is 10.2. The highest BCUT2D eigenvalue weighted by Gasteiger charge is 2.29. The molecule has 0 aliphatic rings. The topological polar surface area (TPSA) is 111 Å². The van der Waals surface area contributed by atoms with E-state index in [4.69, 9.17) is 19.9 Å². The third-order valence-corrected chi connectivity index (χ3v) is 5.91. The van der Waals surface area contributed by atoms with Gasteiger partial charge >= 0.3 is 5.97 Å². The fraction of sp³-hybridized carbons (Fsp3) is 0.174. The summed E-state index contributed by atoms with van der Waals surface area (Å²) in [4.78, 5) is 12.1. The van der Waals surface area contributed by atoms with E-state index in [1.54, 1.807) is 80.9 Å². The predicted octanol–water partition coefficient (Wildman–Crippen LogP) is 4.36. The van der Waals surface area contributed by atoms with Crippen molar-refractivity contribution in [3.05, 3.63) is 72.3 Å². The van der Waals surface area contributed by atoms with Crippen molar-refractivity contribution in [2.75, 3.05) is 20.0 Å². The molecular weight excluding hydrogens is 418 g/mol. The van der Waals surface area contributed by atoms with Crippen LogP contribution in [-0.4, -0.2) is 36.5 Å². The number of aliphatic carboxylic acids is 1. The quantitative estimate of drug-likeness (QED) is 0.332. The molecule has 0 spiro atoms. The Balaban J connectivity index is 1.87. The third-order valence-electron chi connectivity index (χ3n) is 4.52. The molecule has 0 saturated heterocycles. The minimum Gasteiger partial charge on any atom is -0.497 e. The number of aliphatic hydroxyl groups excluding tert-OH is 1. The summed E-state index contributed by atoms with van der Waals surface area (Å²) in [7, 11) is 3.13. The van der Waals surface area contributed by atoms with E-state index in [2.05, 4.69) is 0 Å². The Kier molecular flexibility index (Phi) is 7.28. The molecule has 3 rings (SSSR count). The van der Waals surface area contributed by atoms with Gasteiger partial charge in [0.05, 0.1) is 19.5 Å². The summed E-state index contributed by atoms with van der Waals surface area (Å²) < 4.78 is 16.2. The molecule has 0 aromatic heterocycles. The first kappa shape index (κ1) is 22.3. The minimum absolute atomic E-state index is 0.447. The van der Waals surface area contributed by atoms with Crippen LogP contribution in [0.15, 0.2) is 71.6 Å². The van der Waals surface area contributed by atoms with Crippen LogP contribution in [0.25, 0.3) is 0 Å². The second-order valence-electron chi connectivity index (χ2n) is 6.57. The van der Waals surface area contributed by atoms with Crippen LogP contribution >= 0.6 is 11.8 Å². The van der Waals surface area contributed by atoms with Crippen molar-refractivity contribution in [2.45, 2.75) is 16.2 Å². The van der Waals surface area contributed by atoms with Crippen LogP contribution in [-0.2, 0) is 4.79 Å². The zero-order valence-electron chi connectivity index (χ0n) is 17.0. The number of anilines is 1. The van der Waals surface area contributed by atoms with Crippen molar-refractivity contribution in [1.82, 2.24) is 0 Å². The van der Waals surface area contributed by atoms with E-state index in [1.807, 2.05) is 0 Å². The second kappa shape index (κ2) is 10.1. The van der Waals surface area contributed by atoms with Gasteiger partial charge in [0.1, 0.15) is 23.0 Å². The molecular formula is C23H23NO6S. The first-order chi connectivity index (χ1) is 14.9. The molecule has 4 N–H and O–H groups in total. The van der Waals surface area contributed by atoms with Crippen molar-refractivity contribution in [2.24, 2.45) is 0 Å². The van der Waals surface area contributed by atoms with Gasteiger partial charge in [-0.1, -0.05) is 12.1 Å². The fourth-order valence-electron chi connectivity index (χ4n) is 2.83. The average molecular weight is 442 g/mol. The molecule has 8 heteroatoms. The van der Waals surface area contributed by atoms with Crippen LogP contribution in [0.2, 0.25) is 0 Å². The van der Waals surface area contributed by atoms with E-state index >= 15 is 0 Å². The largest absolute Gasteiger partial charge is 0.497 e. The molecule has 0 radical (unpaired) electrons. The number of carboxylic acids is 1. The second-order valence-corrected chi connectivity index (χ2v) is 7.76. The summed E-state index contributed by atoms with van der Waals surface area (Å²) >= 11 is 1.15. The number of nitrogens with two attached hydrogens (primary N) is 1. The van der Waals surface area contributed by atoms with Crippen LogP contribution < -0.4 is 19.9 Å². The predicted molar refractivity (Wildman–Crippen MR) is 119 cm³/mol. The molecule has 162 valence electrons.